The van der Waals surface area contributed by atoms with Crippen molar-refractivity contribution in [2.75, 3.05) is 26.8 Å². The van der Waals surface area contributed by atoms with E-state index in [0.717, 1.165) is 51.6 Å². The zero-order chi connectivity index (χ0) is 22.9. The number of halogens is 3. The zero-order valence-electron chi connectivity index (χ0n) is 19.4. The topological polar surface area (TPSA) is 43.4 Å². The van der Waals surface area contributed by atoms with E-state index in [1.807, 2.05) is 60.7 Å². The molecule has 1 N–H and O–H groups in total. The third-order valence-electron chi connectivity index (χ3n) is 5.28. The summed E-state index contributed by atoms with van der Waals surface area (Å²) in [4.78, 5) is 4.68. The number of ether oxygens (including phenoxy) is 2. The van der Waals surface area contributed by atoms with E-state index in [9.17, 15) is 0 Å². The Bertz CT molecular complexity index is 1210. The van der Waals surface area contributed by atoms with Gasteiger partial charge in [0, 0.05) is 30.6 Å². The van der Waals surface area contributed by atoms with Crippen LogP contribution >= 0.6 is 36.4 Å². The maximum absolute atomic E-state index is 6.04. The lowest BCUT2D eigenvalue weighted by molar-refractivity contribution is 0.200. The van der Waals surface area contributed by atoms with Crippen molar-refractivity contribution in [3.8, 4) is 5.75 Å². The summed E-state index contributed by atoms with van der Waals surface area (Å²) < 4.78 is 11.1. The highest BCUT2D eigenvalue weighted by Crippen LogP contribution is 2.23. The van der Waals surface area contributed by atoms with Gasteiger partial charge in [-0.1, -0.05) is 60.1 Å². The van der Waals surface area contributed by atoms with Gasteiger partial charge in [0.1, 0.15) is 12.4 Å². The molecule has 0 unspecified atom stereocenters. The van der Waals surface area contributed by atoms with Gasteiger partial charge in [-0.3, -0.25) is 0 Å². The van der Waals surface area contributed by atoms with Crippen molar-refractivity contribution in [2.24, 2.45) is 0 Å². The van der Waals surface area contributed by atoms with Crippen LogP contribution in [0.5, 0.6) is 5.75 Å². The maximum atomic E-state index is 6.04. The molecule has 0 saturated carbocycles. The third-order valence-corrected chi connectivity index (χ3v) is 5.53. The molecule has 0 aliphatic rings. The molecule has 0 amide bonds. The van der Waals surface area contributed by atoms with Crippen LogP contribution in [0.4, 0.5) is 0 Å². The van der Waals surface area contributed by atoms with Gasteiger partial charge in [0.05, 0.1) is 17.8 Å². The van der Waals surface area contributed by atoms with E-state index in [0.29, 0.717) is 13.2 Å². The van der Waals surface area contributed by atoms with Crippen LogP contribution in [-0.2, 0) is 11.3 Å². The van der Waals surface area contributed by atoms with Crippen molar-refractivity contribution < 1.29 is 9.47 Å². The van der Waals surface area contributed by atoms with Crippen LogP contribution in [0.25, 0.3) is 22.6 Å². The quantitative estimate of drug-likeness (QED) is 0.175. The average molecular weight is 532 g/mol. The molecule has 4 aromatic rings. The van der Waals surface area contributed by atoms with E-state index in [-0.39, 0.29) is 24.8 Å². The van der Waals surface area contributed by atoms with Gasteiger partial charge in [-0.25, -0.2) is 4.98 Å². The molecule has 35 heavy (non-hydrogen) atoms. The molecular formula is C28H29Cl3N2O2. The number of para-hydroxylation sites is 1. The Morgan fingerprint density at radius 1 is 0.914 bits per heavy atom. The first kappa shape index (κ1) is 28.6. The van der Waals surface area contributed by atoms with Crippen LogP contribution in [0, 0.1) is 0 Å². The second-order valence-corrected chi connectivity index (χ2v) is 8.14. The molecule has 0 aliphatic heterocycles. The summed E-state index contributed by atoms with van der Waals surface area (Å²) >= 11 is 6.04. The van der Waals surface area contributed by atoms with Gasteiger partial charge in [-0.15, -0.1) is 24.8 Å². The van der Waals surface area contributed by atoms with Crippen LogP contribution in [0.1, 0.15) is 16.8 Å². The summed E-state index contributed by atoms with van der Waals surface area (Å²) in [6.07, 6.45) is 2.17. The second-order valence-electron chi connectivity index (χ2n) is 7.70. The molecule has 0 aliphatic carbocycles. The maximum Gasteiger partial charge on any atom is 0.130 e. The number of methoxy groups -OCH3 is 1. The van der Waals surface area contributed by atoms with Gasteiger partial charge in [-0.05, 0) is 59.2 Å². The number of nitrogens with zero attached hydrogens (tertiary/aromatic N) is 1. The molecule has 3 aromatic carbocycles. The molecule has 0 bridgehead atoms. The van der Waals surface area contributed by atoms with E-state index in [2.05, 4.69) is 40.6 Å². The number of hydrogen-bond donors (Lipinski definition) is 1. The van der Waals surface area contributed by atoms with E-state index in [1.165, 1.54) is 5.57 Å². The monoisotopic (exact) mass is 530 g/mol. The Labute approximate surface area is 224 Å². The predicted molar refractivity (Wildman–Crippen MR) is 151 cm³/mol. The molecule has 0 radical (unpaired) electrons. The van der Waals surface area contributed by atoms with Gasteiger partial charge < -0.3 is 14.8 Å². The van der Waals surface area contributed by atoms with E-state index in [1.54, 1.807) is 7.11 Å². The largest absolute Gasteiger partial charge is 0.487 e. The Balaban J connectivity index is 0.00000216. The van der Waals surface area contributed by atoms with E-state index in [4.69, 9.17) is 21.1 Å². The fourth-order valence-corrected chi connectivity index (χ4v) is 3.63. The van der Waals surface area contributed by atoms with E-state index < -0.39 is 0 Å². The van der Waals surface area contributed by atoms with Crippen LogP contribution < -0.4 is 10.1 Å². The summed E-state index contributed by atoms with van der Waals surface area (Å²) in [6, 6.07) is 28.2. The summed E-state index contributed by atoms with van der Waals surface area (Å²) in [5, 5.41) is 5.29. The smallest absolute Gasteiger partial charge is 0.130 e. The van der Waals surface area contributed by atoms with Crippen molar-refractivity contribution in [1.29, 1.82) is 0 Å². The van der Waals surface area contributed by atoms with Crippen LogP contribution in [0.3, 0.4) is 0 Å². The highest BCUT2D eigenvalue weighted by Gasteiger charge is 2.05. The number of hydrogen-bond acceptors (Lipinski definition) is 4. The molecular weight excluding hydrogens is 503 g/mol. The highest BCUT2D eigenvalue weighted by atomic mass is 35.5. The lowest BCUT2D eigenvalue weighted by Gasteiger charge is -2.12. The average Bonchev–Trinajstić information content (AvgIpc) is 2.86. The number of aromatic nitrogens is 1. The Morgan fingerprint density at radius 2 is 1.66 bits per heavy atom. The van der Waals surface area contributed by atoms with Gasteiger partial charge in [-0.2, -0.15) is 0 Å². The molecule has 7 heteroatoms. The van der Waals surface area contributed by atoms with Crippen molar-refractivity contribution in [3.63, 3.8) is 0 Å². The first-order chi connectivity index (χ1) is 16.2. The second kappa shape index (κ2) is 14.7. The number of benzene rings is 3. The van der Waals surface area contributed by atoms with Crippen molar-refractivity contribution >= 4 is 59.0 Å². The molecule has 1 aromatic heterocycles. The van der Waals surface area contributed by atoms with Gasteiger partial charge in [0.2, 0.25) is 0 Å². The van der Waals surface area contributed by atoms with E-state index >= 15 is 0 Å². The van der Waals surface area contributed by atoms with Crippen molar-refractivity contribution in [3.05, 3.63) is 107 Å². The van der Waals surface area contributed by atoms with Crippen LogP contribution in [-0.4, -0.2) is 31.8 Å². The van der Waals surface area contributed by atoms with Crippen LogP contribution in [0.15, 0.2) is 84.9 Å². The van der Waals surface area contributed by atoms with Gasteiger partial charge in [0.15, 0.2) is 0 Å². The molecule has 4 rings (SSSR count). The molecule has 184 valence electrons. The first-order valence-electron chi connectivity index (χ1n) is 10.9. The Hall–Kier alpha value is -2.60. The number of fused-ring (bicyclic) bond motifs is 1. The lowest BCUT2D eigenvalue weighted by Crippen LogP contribution is -2.21. The standard InChI is InChI=1S/C28H27ClN2O2.2ClH/c1-32-17-16-30-19-24(18-21-6-11-25(29)12-7-21)22-9-14-27(15-10-22)33-20-26-13-8-23-4-2-3-5-28(23)31-26;;/h2-15,18,30H,16-17,19-20H2,1H3;2*1H/b24-18-;;. The first-order valence-corrected chi connectivity index (χ1v) is 11.3. The van der Waals surface area contributed by atoms with Crippen LogP contribution in [0.2, 0.25) is 5.02 Å². The van der Waals surface area contributed by atoms with Crippen molar-refractivity contribution in [1.82, 2.24) is 10.3 Å². The summed E-state index contributed by atoms with van der Waals surface area (Å²) in [6.45, 7) is 2.61. The summed E-state index contributed by atoms with van der Waals surface area (Å²) in [7, 11) is 1.71. The molecule has 0 saturated heterocycles. The van der Waals surface area contributed by atoms with Gasteiger partial charge in [0.25, 0.3) is 0 Å². The predicted octanol–water partition coefficient (Wildman–Crippen LogP) is 7.09. The number of rotatable bonds is 10. The van der Waals surface area contributed by atoms with Crippen molar-refractivity contribution in [2.45, 2.75) is 6.61 Å². The fraction of sp³-hybridized carbons (Fsp3) is 0.179. The summed E-state index contributed by atoms with van der Waals surface area (Å²) in [5.74, 6) is 0.812. The minimum atomic E-state index is 0. The molecule has 0 spiro atoms. The SMILES string of the molecule is COCCNC/C(=C/c1ccc(Cl)cc1)c1ccc(OCc2ccc3ccccc3n2)cc1.Cl.Cl. The fourth-order valence-electron chi connectivity index (χ4n) is 3.51. The minimum Gasteiger partial charge on any atom is -0.487 e. The number of nitrogens with one attached hydrogen (secondary N) is 1. The Morgan fingerprint density at radius 3 is 2.40 bits per heavy atom. The Kier molecular flexibility index (Phi) is 12.0. The highest BCUT2D eigenvalue weighted by molar-refractivity contribution is 6.30. The zero-order valence-corrected chi connectivity index (χ0v) is 21.8. The normalized spacial score (nSPS) is 11.0. The number of pyridine rings is 1. The third kappa shape index (κ3) is 8.53. The molecule has 4 nitrogen and oxygen atoms in total. The lowest BCUT2D eigenvalue weighted by atomic mass is 10.0. The minimum absolute atomic E-state index is 0. The summed E-state index contributed by atoms with van der Waals surface area (Å²) in [5.41, 5.74) is 5.29. The van der Waals surface area contributed by atoms with Gasteiger partial charge >= 0.3 is 0 Å². The molecule has 1 heterocycles. The molecule has 0 atom stereocenters. The molecule has 0 fully saturated rings.